The topological polar surface area (TPSA) is 84.9 Å². The number of halogens is 1. The van der Waals surface area contributed by atoms with Crippen molar-refractivity contribution in [1.29, 1.82) is 0 Å². The van der Waals surface area contributed by atoms with Crippen LogP contribution in [0.4, 0.5) is 4.39 Å². The van der Waals surface area contributed by atoms with Gasteiger partial charge >= 0.3 is 0 Å². The van der Waals surface area contributed by atoms with Crippen molar-refractivity contribution in [2.45, 2.75) is 54.6 Å². The molecule has 0 bridgehead atoms. The molecule has 2 fully saturated rings. The van der Waals surface area contributed by atoms with Gasteiger partial charge in [0.15, 0.2) is 9.84 Å². The van der Waals surface area contributed by atoms with Crippen molar-refractivity contribution < 1.29 is 27.4 Å². The van der Waals surface area contributed by atoms with Crippen molar-refractivity contribution in [2.24, 2.45) is 0 Å². The lowest BCUT2D eigenvalue weighted by atomic mass is 9.74. The summed E-state index contributed by atoms with van der Waals surface area (Å²) < 4.78 is 54.0. The molecule has 2 aliphatic heterocycles. The molecule has 3 atom stereocenters. The Morgan fingerprint density at radius 3 is 2.60 bits per heavy atom. The summed E-state index contributed by atoms with van der Waals surface area (Å²) >= 11 is 0. The van der Waals surface area contributed by atoms with Crippen molar-refractivity contribution in [3.63, 3.8) is 0 Å². The van der Waals surface area contributed by atoms with Crippen LogP contribution < -0.4 is 5.32 Å². The summed E-state index contributed by atoms with van der Waals surface area (Å²) in [4.78, 5) is 0. The van der Waals surface area contributed by atoms with Gasteiger partial charge in [0, 0.05) is 44.4 Å². The van der Waals surface area contributed by atoms with Gasteiger partial charge in [-0.05, 0) is 55.4 Å². The number of aliphatic hydroxyl groups is 1. The molecule has 0 aromatic heterocycles. The average molecular weight is 506 g/mol. The third-order valence-corrected chi connectivity index (χ3v) is 10.2. The molecule has 1 unspecified atom stereocenters. The third kappa shape index (κ3) is 5.78. The summed E-state index contributed by atoms with van der Waals surface area (Å²) in [5.41, 5.74) is 1.67. The number of hydrogen-bond donors (Lipinski definition) is 2. The lowest BCUT2D eigenvalue weighted by Crippen LogP contribution is -2.53. The van der Waals surface area contributed by atoms with E-state index in [0.717, 1.165) is 24.0 Å². The molecule has 2 aromatic carbocycles. The number of benzene rings is 2. The lowest BCUT2D eigenvalue weighted by Gasteiger charge is -2.38. The van der Waals surface area contributed by atoms with E-state index in [4.69, 9.17) is 14.6 Å². The largest absolute Gasteiger partial charge is 0.396 e. The monoisotopic (exact) mass is 505 g/mol. The molecule has 0 radical (unpaired) electrons. The van der Waals surface area contributed by atoms with Gasteiger partial charge in [-0.3, -0.25) is 0 Å². The SMILES string of the molecule is C[C@@H]1NC[C@@H](c2ccccc2)S(=O)(=O)C1Cc1ccc(C2(COCCCO)CCOCC2)cc1F. The Bertz CT molecular complexity index is 1070. The quantitative estimate of drug-likeness (QED) is 0.509. The van der Waals surface area contributed by atoms with E-state index in [0.29, 0.717) is 45.0 Å². The number of aliphatic hydroxyl groups excluding tert-OH is 1. The van der Waals surface area contributed by atoms with Crippen LogP contribution in [0.15, 0.2) is 48.5 Å². The standard InChI is InChI=1S/C27H36FNO5S/c1-20-25(35(31,32)26(18-29-20)21-6-3-2-4-7-21)16-22-8-9-23(17-24(22)28)27(10-14-33-15-11-27)19-34-13-5-12-30/h2-4,6-9,17,20,25-26,29-30H,5,10-16,18-19H2,1H3/t20-,25?,26-/m0/s1. The van der Waals surface area contributed by atoms with E-state index in [2.05, 4.69) is 5.32 Å². The van der Waals surface area contributed by atoms with Crippen molar-refractivity contribution in [2.75, 3.05) is 39.6 Å². The molecule has 4 rings (SSSR count). The average Bonchev–Trinajstić information content (AvgIpc) is 2.86. The summed E-state index contributed by atoms with van der Waals surface area (Å²) in [6, 6.07) is 14.2. The second-order valence-corrected chi connectivity index (χ2v) is 12.1. The minimum absolute atomic E-state index is 0.0713. The van der Waals surface area contributed by atoms with Crippen LogP contribution in [-0.4, -0.2) is 64.4 Å². The lowest BCUT2D eigenvalue weighted by molar-refractivity contribution is -0.00214. The van der Waals surface area contributed by atoms with Crippen LogP contribution in [0.5, 0.6) is 0 Å². The van der Waals surface area contributed by atoms with Gasteiger partial charge in [0.05, 0.1) is 17.1 Å². The molecule has 0 saturated carbocycles. The second kappa shape index (κ2) is 11.5. The molecule has 8 heteroatoms. The van der Waals surface area contributed by atoms with Gasteiger partial charge in [0.1, 0.15) is 5.82 Å². The Morgan fingerprint density at radius 2 is 1.91 bits per heavy atom. The van der Waals surface area contributed by atoms with E-state index in [1.54, 1.807) is 12.1 Å². The van der Waals surface area contributed by atoms with E-state index in [1.807, 2.05) is 43.3 Å². The summed E-state index contributed by atoms with van der Waals surface area (Å²) in [6.45, 7) is 4.33. The zero-order valence-electron chi connectivity index (χ0n) is 20.3. The van der Waals surface area contributed by atoms with Crippen LogP contribution in [0.3, 0.4) is 0 Å². The Labute approximate surface area is 207 Å². The first-order valence-electron chi connectivity index (χ1n) is 12.4. The van der Waals surface area contributed by atoms with Crippen LogP contribution >= 0.6 is 0 Å². The van der Waals surface area contributed by atoms with Gasteiger partial charge in [-0.2, -0.15) is 0 Å². The van der Waals surface area contributed by atoms with Crippen molar-refractivity contribution in [3.05, 3.63) is 71.0 Å². The maximum Gasteiger partial charge on any atom is 0.163 e. The number of rotatable bonds is 9. The molecule has 2 aliphatic rings. The molecule has 2 saturated heterocycles. The summed E-state index contributed by atoms with van der Waals surface area (Å²) in [5.74, 6) is -0.382. The normalized spacial score (nSPS) is 25.9. The van der Waals surface area contributed by atoms with Crippen molar-refractivity contribution >= 4 is 9.84 Å². The molecular weight excluding hydrogens is 469 g/mol. The summed E-state index contributed by atoms with van der Waals surface area (Å²) in [6.07, 6.45) is 2.13. The highest BCUT2D eigenvalue weighted by molar-refractivity contribution is 7.92. The number of hydrogen-bond acceptors (Lipinski definition) is 6. The fourth-order valence-electron chi connectivity index (χ4n) is 5.28. The van der Waals surface area contributed by atoms with Crippen LogP contribution in [0, 0.1) is 5.82 Å². The molecule has 35 heavy (non-hydrogen) atoms. The predicted molar refractivity (Wildman–Crippen MR) is 134 cm³/mol. The molecule has 0 aliphatic carbocycles. The van der Waals surface area contributed by atoms with Gasteiger partial charge in [-0.1, -0.05) is 42.5 Å². The first-order valence-corrected chi connectivity index (χ1v) is 14.0. The number of nitrogens with one attached hydrogen (secondary N) is 1. The van der Waals surface area contributed by atoms with Gasteiger partial charge in [0.2, 0.25) is 0 Å². The van der Waals surface area contributed by atoms with Gasteiger partial charge in [-0.25, -0.2) is 12.8 Å². The number of ether oxygens (including phenoxy) is 2. The third-order valence-electron chi connectivity index (χ3n) is 7.53. The van der Waals surface area contributed by atoms with Crippen molar-refractivity contribution in [1.82, 2.24) is 5.32 Å². The molecule has 0 spiro atoms. The molecule has 2 heterocycles. The Kier molecular flexibility index (Phi) is 8.60. The zero-order chi connectivity index (χ0) is 24.9. The zero-order valence-corrected chi connectivity index (χ0v) is 21.1. The fourth-order valence-corrected chi connectivity index (χ4v) is 7.64. The highest BCUT2D eigenvalue weighted by Crippen LogP contribution is 2.37. The second-order valence-electron chi connectivity index (χ2n) is 9.76. The van der Waals surface area contributed by atoms with E-state index in [-0.39, 0.29) is 30.3 Å². The van der Waals surface area contributed by atoms with Gasteiger partial charge in [0.25, 0.3) is 0 Å². The van der Waals surface area contributed by atoms with Crippen LogP contribution in [0.1, 0.15) is 48.1 Å². The molecule has 6 nitrogen and oxygen atoms in total. The van der Waals surface area contributed by atoms with Crippen molar-refractivity contribution in [3.8, 4) is 0 Å². The maximum absolute atomic E-state index is 15.5. The fraction of sp³-hybridized carbons (Fsp3) is 0.556. The highest BCUT2D eigenvalue weighted by atomic mass is 32.2. The van der Waals surface area contributed by atoms with Gasteiger partial charge < -0.3 is 19.9 Å². The Hall–Kier alpha value is -1.84. The smallest absolute Gasteiger partial charge is 0.163 e. The molecule has 192 valence electrons. The van der Waals surface area contributed by atoms with Crippen LogP contribution in [-0.2, 0) is 31.1 Å². The van der Waals surface area contributed by atoms with E-state index in [9.17, 15) is 8.42 Å². The maximum atomic E-state index is 15.5. The van der Waals surface area contributed by atoms with E-state index >= 15 is 4.39 Å². The highest BCUT2D eigenvalue weighted by Gasteiger charge is 2.43. The van der Waals surface area contributed by atoms with E-state index < -0.39 is 20.3 Å². The predicted octanol–water partition coefficient (Wildman–Crippen LogP) is 3.33. The molecule has 0 amide bonds. The Balaban J connectivity index is 1.55. The minimum Gasteiger partial charge on any atom is -0.396 e. The molecule has 2 aromatic rings. The Morgan fingerprint density at radius 1 is 1.17 bits per heavy atom. The van der Waals surface area contributed by atoms with Crippen LogP contribution in [0.2, 0.25) is 0 Å². The van der Waals surface area contributed by atoms with E-state index in [1.165, 1.54) is 0 Å². The summed E-state index contributed by atoms with van der Waals surface area (Å²) in [7, 11) is -3.53. The molecule has 2 N–H and O–H groups in total. The molecular formula is C27H36FNO5S. The minimum atomic E-state index is -3.53. The summed E-state index contributed by atoms with van der Waals surface area (Å²) in [5, 5.41) is 11.0. The first-order chi connectivity index (χ1) is 16.9. The number of sulfone groups is 1. The van der Waals surface area contributed by atoms with Crippen LogP contribution in [0.25, 0.3) is 0 Å². The first kappa shape index (κ1) is 26.2. The van der Waals surface area contributed by atoms with Gasteiger partial charge in [-0.15, -0.1) is 0 Å².